The third kappa shape index (κ3) is 6.21. The minimum atomic E-state index is -1.49. The minimum Gasteiger partial charge on any atom is -0.459 e. The zero-order valence-corrected chi connectivity index (χ0v) is 23.7. The average molecular weight is 600 g/mol. The van der Waals surface area contributed by atoms with Gasteiger partial charge in [-0.25, -0.2) is 37.7 Å². The van der Waals surface area contributed by atoms with Crippen LogP contribution in [0.2, 0.25) is 0 Å². The van der Waals surface area contributed by atoms with Crippen molar-refractivity contribution in [2.24, 2.45) is 7.05 Å². The number of ether oxygens (including phenoxy) is 2. The molecule has 0 amide bonds. The van der Waals surface area contributed by atoms with Gasteiger partial charge in [-0.3, -0.25) is 0 Å². The van der Waals surface area contributed by atoms with Gasteiger partial charge >= 0.3 is 29.0 Å². The maximum Gasteiger partial charge on any atom is 0.339 e. The third-order valence-electron chi connectivity index (χ3n) is 7.08. The lowest BCUT2D eigenvalue weighted by molar-refractivity contribution is 0.0191. The molecule has 0 spiro atoms. The Morgan fingerprint density at radius 3 is 1.64 bits per heavy atom. The Hall–Kier alpha value is -5.33. The molecule has 12 heteroatoms. The molecule has 2 atom stereocenters. The number of hydrogen-bond donors (Lipinski definition) is 2. The molecule has 0 saturated heterocycles. The highest BCUT2D eigenvalue weighted by Crippen LogP contribution is 2.29. The van der Waals surface area contributed by atoms with Crippen LogP contribution in [-0.4, -0.2) is 61.3 Å². The second-order valence-corrected chi connectivity index (χ2v) is 10.2. The zero-order chi connectivity index (χ0) is 31.4. The van der Waals surface area contributed by atoms with Crippen molar-refractivity contribution in [3.05, 3.63) is 128 Å². The molecule has 5 rings (SSSR count). The number of nitrogens with zero attached hydrogens (tertiary/aromatic N) is 3. The van der Waals surface area contributed by atoms with E-state index in [1.165, 1.54) is 12.1 Å². The van der Waals surface area contributed by atoms with E-state index in [1.54, 1.807) is 42.5 Å². The SMILES string of the molecule is Cn1c(=O)n(CC(O)COC(=O)c2ccccc2)c(=O)n(CC(O)COC(=O)c2c3ccccc3cc3ccccc23)c1=O. The lowest BCUT2D eigenvalue weighted by atomic mass is 9.97. The number of benzene rings is 4. The van der Waals surface area contributed by atoms with Crippen molar-refractivity contribution in [1.29, 1.82) is 0 Å². The van der Waals surface area contributed by atoms with Gasteiger partial charge in [0, 0.05) is 7.05 Å². The first-order valence-corrected chi connectivity index (χ1v) is 13.7. The molecule has 5 aromatic rings. The van der Waals surface area contributed by atoms with Crippen LogP contribution in [-0.2, 0) is 29.6 Å². The van der Waals surface area contributed by atoms with Crippen LogP contribution in [0.4, 0.5) is 0 Å². The van der Waals surface area contributed by atoms with Gasteiger partial charge in [0.2, 0.25) is 0 Å². The highest BCUT2D eigenvalue weighted by Gasteiger charge is 2.22. The number of esters is 2. The summed E-state index contributed by atoms with van der Waals surface area (Å²) in [5, 5.41) is 24.1. The normalized spacial score (nSPS) is 12.6. The fraction of sp³-hybridized carbons (Fsp3) is 0.219. The fourth-order valence-electron chi connectivity index (χ4n) is 4.90. The Morgan fingerprint density at radius 1 is 0.659 bits per heavy atom. The summed E-state index contributed by atoms with van der Waals surface area (Å²) in [5.74, 6) is -1.40. The highest BCUT2D eigenvalue weighted by molar-refractivity contribution is 6.16. The van der Waals surface area contributed by atoms with Gasteiger partial charge in [0.25, 0.3) is 0 Å². The van der Waals surface area contributed by atoms with Crippen molar-refractivity contribution in [3.8, 4) is 0 Å². The maximum atomic E-state index is 13.3. The lowest BCUT2D eigenvalue weighted by Crippen LogP contribution is -2.56. The monoisotopic (exact) mass is 599 g/mol. The third-order valence-corrected chi connectivity index (χ3v) is 7.08. The van der Waals surface area contributed by atoms with Gasteiger partial charge in [-0.05, 0) is 39.7 Å². The van der Waals surface area contributed by atoms with E-state index in [4.69, 9.17) is 9.47 Å². The predicted octanol–water partition coefficient (Wildman–Crippen LogP) is 1.45. The lowest BCUT2D eigenvalue weighted by Gasteiger charge is -2.17. The van der Waals surface area contributed by atoms with Gasteiger partial charge in [0.05, 0.1) is 24.2 Å². The minimum absolute atomic E-state index is 0.254. The Morgan fingerprint density at radius 2 is 1.11 bits per heavy atom. The topological polar surface area (TPSA) is 159 Å². The van der Waals surface area contributed by atoms with E-state index in [2.05, 4.69) is 0 Å². The van der Waals surface area contributed by atoms with Gasteiger partial charge in [0.15, 0.2) is 0 Å². The number of hydrogen-bond acceptors (Lipinski definition) is 9. The second kappa shape index (κ2) is 12.9. The Bertz CT molecular complexity index is 1980. The van der Waals surface area contributed by atoms with E-state index in [0.717, 1.165) is 17.8 Å². The first-order chi connectivity index (χ1) is 21.2. The number of carbonyl (C=O) groups is 2. The van der Waals surface area contributed by atoms with Gasteiger partial charge in [-0.2, -0.15) is 0 Å². The average Bonchev–Trinajstić information content (AvgIpc) is 3.04. The first kappa shape index (κ1) is 30.1. The molecule has 0 bridgehead atoms. The molecule has 12 nitrogen and oxygen atoms in total. The molecular formula is C32H29N3O9. The molecule has 0 aliphatic carbocycles. The standard InChI is InChI=1S/C32H29N3O9/c1-33-30(40)34(16-23(36)18-43-28(38)20-9-3-2-4-10-20)32(42)35(31(33)41)17-24(37)19-44-29(39)27-25-13-7-5-11-21(25)15-22-12-6-8-14-26(22)27/h2-15,23-24,36-37H,16-19H2,1H3. The number of aliphatic hydroxyl groups excluding tert-OH is 2. The molecule has 0 saturated carbocycles. The molecule has 1 heterocycles. The molecule has 0 aliphatic heterocycles. The maximum absolute atomic E-state index is 13.3. The largest absolute Gasteiger partial charge is 0.459 e. The van der Waals surface area contributed by atoms with Crippen molar-refractivity contribution >= 4 is 33.5 Å². The molecule has 44 heavy (non-hydrogen) atoms. The van der Waals surface area contributed by atoms with E-state index >= 15 is 0 Å². The number of rotatable bonds is 10. The van der Waals surface area contributed by atoms with Crippen molar-refractivity contribution < 1.29 is 29.3 Å². The molecule has 0 aliphatic rings. The summed E-state index contributed by atoms with van der Waals surface area (Å²) in [5.41, 5.74) is -2.55. The van der Waals surface area contributed by atoms with Crippen LogP contribution in [0.5, 0.6) is 0 Å². The van der Waals surface area contributed by atoms with Crippen molar-refractivity contribution in [2.75, 3.05) is 13.2 Å². The van der Waals surface area contributed by atoms with Crippen molar-refractivity contribution in [1.82, 2.24) is 13.7 Å². The van der Waals surface area contributed by atoms with Gasteiger partial charge in [-0.15, -0.1) is 0 Å². The van der Waals surface area contributed by atoms with Crippen LogP contribution in [0.3, 0.4) is 0 Å². The van der Waals surface area contributed by atoms with E-state index in [0.29, 0.717) is 30.0 Å². The number of aromatic nitrogens is 3. The van der Waals surface area contributed by atoms with Crippen LogP contribution in [0.1, 0.15) is 20.7 Å². The van der Waals surface area contributed by atoms with Gasteiger partial charge in [0.1, 0.15) is 25.4 Å². The van der Waals surface area contributed by atoms with E-state index in [9.17, 15) is 34.2 Å². The number of carbonyl (C=O) groups excluding carboxylic acids is 2. The summed E-state index contributed by atoms with van der Waals surface area (Å²) in [4.78, 5) is 64.0. The Kier molecular flexibility index (Phi) is 8.83. The molecule has 4 aromatic carbocycles. The van der Waals surface area contributed by atoms with Crippen molar-refractivity contribution in [2.45, 2.75) is 25.3 Å². The van der Waals surface area contributed by atoms with E-state index in [1.807, 2.05) is 30.3 Å². The molecule has 1 aromatic heterocycles. The van der Waals surface area contributed by atoms with Gasteiger partial charge < -0.3 is 19.7 Å². The fourth-order valence-corrected chi connectivity index (χ4v) is 4.90. The van der Waals surface area contributed by atoms with Crippen LogP contribution in [0.15, 0.2) is 99.3 Å². The van der Waals surface area contributed by atoms with Crippen LogP contribution in [0.25, 0.3) is 21.5 Å². The predicted molar refractivity (Wildman–Crippen MR) is 161 cm³/mol. The Labute approximate surface area is 249 Å². The van der Waals surface area contributed by atoms with Crippen LogP contribution < -0.4 is 17.1 Å². The van der Waals surface area contributed by atoms with E-state index < -0.39 is 67.5 Å². The molecular weight excluding hydrogens is 570 g/mol. The quantitative estimate of drug-likeness (QED) is 0.179. The highest BCUT2D eigenvalue weighted by atomic mass is 16.5. The summed E-state index contributed by atoms with van der Waals surface area (Å²) in [7, 11) is 1.14. The van der Waals surface area contributed by atoms with Crippen LogP contribution >= 0.6 is 0 Å². The van der Waals surface area contributed by atoms with Gasteiger partial charge in [-0.1, -0.05) is 66.7 Å². The molecule has 0 radical (unpaired) electrons. The van der Waals surface area contributed by atoms with E-state index in [-0.39, 0.29) is 5.56 Å². The summed E-state index contributed by atoms with van der Waals surface area (Å²) < 4.78 is 12.3. The summed E-state index contributed by atoms with van der Waals surface area (Å²) >= 11 is 0. The molecule has 2 unspecified atom stereocenters. The summed E-state index contributed by atoms with van der Waals surface area (Å²) in [6, 6.07) is 24.6. The molecule has 0 fully saturated rings. The first-order valence-electron chi connectivity index (χ1n) is 13.7. The molecule has 226 valence electrons. The number of aliphatic hydroxyl groups is 2. The Balaban J connectivity index is 1.30. The van der Waals surface area contributed by atoms with Crippen LogP contribution in [0, 0.1) is 0 Å². The number of fused-ring (bicyclic) bond motifs is 2. The summed E-state index contributed by atoms with van der Waals surface area (Å²) in [6.07, 6.45) is -2.95. The second-order valence-electron chi connectivity index (χ2n) is 10.2. The smallest absolute Gasteiger partial charge is 0.339 e. The molecule has 2 N–H and O–H groups in total. The van der Waals surface area contributed by atoms with Crippen molar-refractivity contribution in [3.63, 3.8) is 0 Å². The summed E-state index contributed by atoms with van der Waals surface area (Å²) in [6.45, 7) is -2.27. The zero-order valence-electron chi connectivity index (χ0n) is 23.7.